The van der Waals surface area contributed by atoms with Crippen LogP contribution in [0.5, 0.6) is 5.75 Å². The zero-order valence-electron chi connectivity index (χ0n) is 15.0. The van der Waals surface area contributed by atoms with E-state index in [1.165, 1.54) is 11.8 Å². The summed E-state index contributed by atoms with van der Waals surface area (Å²) >= 11 is 1.44. The molecule has 1 fully saturated rings. The number of carbonyl (C=O) groups excluding carboxylic acids is 1. The fraction of sp³-hybridized carbons (Fsp3) is 0.250. The summed E-state index contributed by atoms with van der Waals surface area (Å²) in [6, 6.07) is 15.6. The van der Waals surface area contributed by atoms with Gasteiger partial charge in [-0.25, -0.2) is 0 Å². The SMILES string of the molecule is COc1ccc(/C=N\N=C2/S[C@H](C)C(=O)N2Cc2ccccc2C)cc1. The summed E-state index contributed by atoms with van der Waals surface area (Å²) in [4.78, 5) is 14.2. The van der Waals surface area contributed by atoms with Crippen LogP contribution >= 0.6 is 11.8 Å². The molecule has 0 N–H and O–H groups in total. The molecule has 1 heterocycles. The van der Waals surface area contributed by atoms with Crippen LogP contribution in [0.4, 0.5) is 0 Å². The topological polar surface area (TPSA) is 54.3 Å². The van der Waals surface area contributed by atoms with Gasteiger partial charge >= 0.3 is 0 Å². The number of aryl methyl sites for hydroxylation is 1. The van der Waals surface area contributed by atoms with Crippen molar-refractivity contribution in [1.29, 1.82) is 0 Å². The molecule has 1 atom stereocenters. The van der Waals surface area contributed by atoms with E-state index in [-0.39, 0.29) is 11.2 Å². The molecule has 26 heavy (non-hydrogen) atoms. The second-order valence-corrected chi connectivity index (χ2v) is 7.32. The maximum atomic E-state index is 12.5. The van der Waals surface area contributed by atoms with Crippen LogP contribution in [-0.4, -0.2) is 34.5 Å². The van der Waals surface area contributed by atoms with Gasteiger partial charge < -0.3 is 4.74 Å². The van der Waals surface area contributed by atoms with E-state index in [0.29, 0.717) is 11.7 Å². The molecule has 0 radical (unpaired) electrons. The maximum absolute atomic E-state index is 12.5. The molecule has 0 spiro atoms. The molecule has 0 unspecified atom stereocenters. The van der Waals surface area contributed by atoms with E-state index in [1.807, 2.05) is 62.4 Å². The highest BCUT2D eigenvalue weighted by Crippen LogP contribution is 2.29. The Kier molecular flexibility index (Phi) is 5.73. The first-order valence-electron chi connectivity index (χ1n) is 8.36. The Labute approximate surface area is 157 Å². The number of nitrogens with zero attached hydrogens (tertiary/aromatic N) is 3. The smallest absolute Gasteiger partial charge is 0.242 e. The lowest BCUT2D eigenvalue weighted by atomic mass is 10.1. The highest BCUT2D eigenvalue weighted by Gasteiger charge is 2.35. The molecule has 1 amide bonds. The van der Waals surface area contributed by atoms with Crippen molar-refractivity contribution in [2.45, 2.75) is 25.6 Å². The van der Waals surface area contributed by atoms with Crippen LogP contribution in [0.2, 0.25) is 0 Å². The van der Waals surface area contributed by atoms with Gasteiger partial charge in [0.1, 0.15) is 5.75 Å². The third-order valence-electron chi connectivity index (χ3n) is 4.18. The predicted octanol–water partition coefficient (Wildman–Crippen LogP) is 3.86. The van der Waals surface area contributed by atoms with Crippen LogP contribution in [0.25, 0.3) is 0 Å². The Hall–Kier alpha value is -2.60. The fourth-order valence-corrected chi connectivity index (χ4v) is 3.52. The molecule has 2 aromatic rings. The number of methoxy groups -OCH3 is 1. The average Bonchev–Trinajstić information content (AvgIpc) is 2.92. The number of benzene rings is 2. The molecule has 3 rings (SSSR count). The van der Waals surface area contributed by atoms with E-state index in [2.05, 4.69) is 10.2 Å². The molecule has 0 saturated carbocycles. The van der Waals surface area contributed by atoms with Gasteiger partial charge in [-0.15, -0.1) is 5.10 Å². The van der Waals surface area contributed by atoms with Gasteiger partial charge in [0, 0.05) is 0 Å². The number of ether oxygens (including phenoxy) is 1. The Morgan fingerprint density at radius 1 is 1.19 bits per heavy atom. The maximum Gasteiger partial charge on any atom is 0.242 e. The highest BCUT2D eigenvalue weighted by molar-refractivity contribution is 8.15. The molecule has 1 aliphatic rings. The molecular formula is C20H21N3O2S. The molecule has 134 valence electrons. The number of rotatable bonds is 5. The first-order valence-corrected chi connectivity index (χ1v) is 9.24. The van der Waals surface area contributed by atoms with E-state index in [1.54, 1.807) is 18.2 Å². The number of carbonyl (C=O) groups is 1. The van der Waals surface area contributed by atoms with Crippen molar-refractivity contribution in [3.63, 3.8) is 0 Å². The van der Waals surface area contributed by atoms with Crippen LogP contribution in [0.1, 0.15) is 23.6 Å². The minimum Gasteiger partial charge on any atom is -0.497 e. The van der Waals surface area contributed by atoms with E-state index < -0.39 is 0 Å². The summed E-state index contributed by atoms with van der Waals surface area (Å²) in [5.41, 5.74) is 3.19. The van der Waals surface area contributed by atoms with Crippen molar-refractivity contribution in [2.75, 3.05) is 7.11 Å². The van der Waals surface area contributed by atoms with Crippen LogP contribution < -0.4 is 4.74 Å². The quantitative estimate of drug-likeness (QED) is 0.596. The van der Waals surface area contributed by atoms with Gasteiger partial charge in [-0.05, 0) is 54.8 Å². The summed E-state index contributed by atoms with van der Waals surface area (Å²) in [7, 11) is 1.63. The second kappa shape index (κ2) is 8.19. The van der Waals surface area contributed by atoms with Crippen molar-refractivity contribution in [3.8, 4) is 5.75 Å². The molecule has 1 aliphatic heterocycles. The van der Waals surface area contributed by atoms with Gasteiger partial charge in [0.05, 0.1) is 25.1 Å². The van der Waals surface area contributed by atoms with Crippen LogP contribution in [0.3, 0.4) is 0 Å². The molecule has 0 bridgehead atoms. The van der Waals surface area contributed by atoms with Gasteiger partial charge in [-0.1, -0.05) is 36.0 Å². The Balaban J connectivity index is 1.77. The molecule has 0 aromatic heterocycles. The van der Waals surface area contributed by atoms with Crippen LogP contribution in [0, 0.1) is 6.92 Å². The number of amides is 1. The number of amidine groups is 1. The van der Waals surface area contributed by atoms with E-state index in [9.17, 15) is 4.79 Å². The average molecular weight is 367 g/mol. The Morgan fingerprint density at radius 2 is 1.92 bits per heavy atom. The molecule has 2 aromatic carbocycles. The third kappa shape index (κ3) is 4.14. The molecule has 0 aliphatic carbocycles. The number of hydrogen-bond donors (Lipinski definition) is 0. The van der Waals surface area contributed by atoms with Gasteiger partial charge in [0.2, 0.25) is 5.91 Å². The van der Waals surface area contributed by atoms with Crippen LogP contribution in [-0.2, 0) is 11.3 Å². The van der Waals surface area contributed by atoms with E-state index >= 15 is 0 Å². The summed E-state index contributed by atoms with van der Waals surface area (Å²) < 4.78 is 5.14. The minimum atomic E-state index is -0.144. The minimum absolute atomic E-state index is 0.0663. The first-order chi connectivity index (χ1) is 12.6. The molecule has 5 nitrogen and oxygen atoms in total. The van der Waals surface area contributed by atoms with Crippen molar-refractivity contribution in [3.05, 3.63) is 65.2 Å². The number of hydrogen-bond acceptors (Lipinski definition) is 5. The lowest BCUT2D eigenvalue weighted by Crippen LogP contribution is -2.31. The molecular weight excluding hydrogens is 346 g/mol. The predicted molar refractivity (Wildman–Crippen MR) is 107 cm³/mol. The standard InChI is InChI=1S/C20H21N3O2S/c1-14-6-4-5-7-17(14)13-23-19(24)15(2)26-20(23)22-21-12-16-8-10-18(25-3)11-9-16/h4-12,15H,13H2,1-3H3/b21-12-,22-20-/t15-/m1/s1. The highest BCUT2D eigenvalue weighted by atomic mass is 32.2. The van der Waals surface area contributed by atoms with Crippen molar-refractivity contribution < 1.29 is 9.53 Å². The summed E-state index contributed by atoms with van der Waals surface area (Å²) in [5.74, 6) is 0.861. The zero-order chi connectivity index (χ0) is 18.5. The van der Waals surface area contributed by atoms with Crippen LogP contribution in [0.15, 0.2) is 58.7 Å². The Bertz CT molecular complexity index is 846. The lowest BCUT2D eigenvalue weighted by Gasteiger charge is -2.16. The Morgan fingerprint density at radius 3 is 2.62 bits per heavy atom. The number of thioether (sulfide) groups is 1. The van der Waals surface area contributed by atoms with Gasteiger partial charge in [0.15, 0.2) is 5.17 Å². The summed E-state index contributed by atoms with van der Waals surface area (Å²) in [6.45, 7) is 4.46. The lowest BCUT2D eigenvalue weighted by molar-refractivity contribution is -0.126. The largest absolute Gasteiger partial charge is 0.497 e. The van der Waals surface area contributed by atoms with Gasteiger partial charge in [-0.3, -0.25) is 9.69 Å². The zero-order valence-corrected chi connectivity index (χ0v) is 15.9. The van der Waals surface area contributed by atoms with E-state index in [0.717, 1.165) is 22.4 Å². The van der Waals surface area contributed by atoms with Crippen molar-refractivity contribution in [1.82, 2.24) is 4.90 Å². The normalized spacial score (nSPS) is 18.9. The second-order valence-electron chi connectivity index (χ2n) is 6.01. The monoisotopic (exact) mass is 367 g/mol. The fourth-order valence-electron chi connectivity index (χ4n) is 2.60. The van der Waals surface area contributed by atoms with Gasteiger partial charge in [0.25, 0.3) is 0 Å². The molecule has 6 heteroatoms. The van der Waals surface area contributed by atoms with E-state index in [4.69, 9.17) is 4.74 Å². The summed E-state index contributed by atoms with van der Waals surface area (Å²) in [5, 5.41) is 8.95. The first kappa shape index (κ1) is 18.2. The molecule has 1 saturated heterocycles. The summed E-state index contributed by atoms with van der Waals surface area (Å²) in [6.07, 6.45) is 1.67. The van der Waals surface area contributed by atoms with Gasteiger partial charge in [-0.2, -0.15) is 5.10 Å². The van der Waals surface area contributed by atoms with Crippen molar-refractivity contribution >= 4 is 29.1 Å². The van der Waals surface area contributed by atoms with Crippen molar-refractivity contribution in [2.24, 2.45) is 10.2 Å². The third-order valence-corrected chi connectivity index (χ3v) is 5.25.